The van der Waals surface area contributed by atoms with Crippen molar-refractivity contribution in [2.24, 2.45) is 22.2 Å². The summed E-state index contributed by atoms with van der Waals surface area (Å²) in [5.41, 5.74) is -0.203. The van der Waals surface area contributed by atoms with E-state index in [-0.39, 0.29) is 47.0 Å². The van der Waals surface area contributed by atoms with Crippen molar-refractivity contribution in [3.8, 4) is 0 Å². The molecule has 0 spiro atoms. The van der Waals surface area contributed by atoms with E-state index in [1.165, 1.54) is 89.9 Å². The molecule has 0 amide bonds. The fourth-order valence-corrected chi connectivity index (χ4v) is 11.1. The van der Waals surface area contributed by atoms with Crippen LogP contribution in [0.1, 0.15) is 301 Å². The van der Waals surface area contributed by atoms with Gasteiger partial charge in [0.25, 0.3) is 0 Å². The maximum Gasteiger partial charge on any atom is 0.305 e. The Morgan fingerprint density at radius 3 is 1.27 bits per heavy atom. The van der Waals surface area contributed by atoms with Crippen LogP contribution in [0.3, 0.4) is 0 Å². The van der Waals surface area contributed by atoms with Crippen LogP contribution in [0, 0.1) is 22.2 Å². The number of hydrogen-bond donors (Lipinski definition) is 1. The van der Waals surface area contributed by atoms with Gasteiger partial charge in [-0.05, 0) is 126 Å². The normalized spacial score (nSPS) is 20.2. The highest BCUT2D eigenvalue weighted by atomic mass is 16.7. The molecule has 0 aromatic carbocycles. The number of fused-ring (bicyclic) bond motifs is 2. The molecular formula is C64H127NO10. The predicted molar refractivity (Wildman–Crippen MR) is 314 cm³/mol. The molecule has 0 radical (unpaired) electrons. The van der Waals surface area contributed by atoms with E-state index >= 15 is 0 Å². The van der Waals surface area contributed by atoms with Gasteiger partial charge in [0, 0.05) is 58.5 Å². The molecule has 5 atom stereocenters. The molecule has 5 unspecified atom stereocenters. The highest BCUT2D eigenvalue weighted by molar-refractivity contribution is 5.70. The molecule has 0 aromatic rings. The lowest BCUT2D eigenvalue weighted by Gasteiger charge is -2.58. The zero-order valence-corrected chi connectivity index (χ0v) is 52.0. The zero-order chi connectivity index (χ0) is 56.5. The van der Waals surface area contributed by atoms with E-state index in [1.54, 1.807) is 0 Å². The lowest BCUT2D eigenvalue weighted by Crippen LogP contribution is -2.48. The van der Waals surface area contributed by atoms with Gasteiger partial charge in [-0.15, -0.1) is 0 Å². The van der Waals surface area contributed by atoms with Gasteiger partial charge in [0.1, 0.15) is 0 Å². The maximum atomic E-state index is 13.3. The number of carbonyl (C=O) groups is 3. The molecule has 1 N–H and O–H groups in total. The third-order valence-corrected chi connectivity index (χ3v) is 14.5. The molecule has 0 aliphatic heterocycles. The highest BCUT2D eigenvalue weighted by Crippen LogP contribution is 2.64. The topological polar surface area (TPSA) is 130 Å². The van der Waals surface area contributed by atoms with Crippen molar-refractivity contribution in [1.82, 2.24) is 4.90 Å². The number of nitrogens with zero attached hydrogens (tertiary/aromatic N) is 1. The van der Waals surface area contributed by atoms with Crippen LogP contribution in [0.2, 0.25) is 0 Å². The van der Waals surface area contributed by atoms with Crippen LogP contribution >= 0.6 is 0 Å². The van der Waals surface area contributed by atoms with Gasteiger partial charge in [-0.3, -0.25) is 14.4 Å². The van der Waals surface area contributed by atoms with Gasteiger partial charge in [0.05, 0.1) is 19.8 Å². The molecule has 2 saturated carbocycles. The second-order valence-corrected chi connectivity index (χ2v) is 23.5. The second-order valence-electron chi connectivity index (χ2n) is 23.5. The lowest BCUT2D eigenvalue weighted by molar-refractivity contribution is -0.154. The summed E-state index contributed by atoms with van der Waals surface area (Å²) in [6, 6.07) is 0. The summed E-state index contributed by atoms with van der Waals surface area (Å²) in [6.45, 7) is 31.1. The van der Waals surface area contributed by atoms with E-state index < -0.39 is 6.29 Å². The van der Waals surface area contributed by atoms with Gasteiger partial charge < -0.3 is 38.4 Å². The number of aliphatic hydroxyl groups is 1. The summed E-state index contributed by atoms with van der Waals surface area (Å²) in [4.78, 5) is 41.6. The number of hydrogen-bond acceptors (Lipinski definition) is 11. The molecule has 2 aliphatic carbocycles. The van der Waals surface area contributed by atoms with Gasteiger partial charge in [-0.1, -0.05) is 179 Å². The van der Waals surface area contributed by atoms with Crippen molar-refractivity contribution in [3.05, 3.63) is 0 Å². The fraction of sp³-hybridized carbons (Fsp3) is 0.953. The van der Waals surface area contributed by atoms with Crippen molar-refractivity contribution in [2.45, 2.75) is 314 Å². The van der Waals surface area contributed by atoms with Crippen molar-refractivity contribution < 1.29 is 47.9 Å². The first-order valence-corrected chi connectivity index (χ1v) is 31.7. The van der Waals surface area contributed by atoms with Crippen molar-refractivity contribution in [3.63, 3.8) is 0 Å². The van der Waals surface area contributed by atoms with Gasteiger partial charge in [-0.2, -0.15) is 0 Å². The average molecular weight is 1070 g/mol. The Balaban J connectivity index is 0. The molecule has 448 valence electrons. The summed E-state index contributed by atoms with van der Waals surface area (Å²) >= 11 is 0. The van der Waals surface area contributed by atoms with Gasteiger partial charge >= 0.3 is 17.9 Å². The molecule has 0 saturated heterocycles. The largest absolute Gasteiger partial charge is 0.466 e. The monoisotopic (exact) mass is 1070 g/mol. The van der Waals surface area contributed by atoms with Crippen molar-refractivity contribution >= 4 is 17.9 Å². The average Bonchev–Trinajstić information content (AvgIpc) is 3.36. The standard InChI is InChI=1S/C55H103NO10.3C3H8/c1-8-12-15-18-21-36-61-48(57)27-24-39-62-51(60)31-34-55-44-47(43-54(6,46-55)33-30-50(59)64-41-26-35-56(7)11-4)42-53(5,45-55)32-29-49(58)63-40-25-28-52(65-37-22-19-16-13-9-2)66-38-23-20-17-14-10-3;3*1-3-2/h47-48,52,57H,8-46H2,1-7H3;3*3H2,1-2H3. The van der Waals surface area contributed by atoms with Crippen LogP contribution in [-0.4, -0.2) is 100 Å². The number of unbranched alkanes of at least 4 members (excludes halogenated alkanes) is 12. The van der Waals surface area contributed by atoms with Crippen molar-refractivity contribution in [2.75, 3.05) is 59.8 Å². The minimum Gasteiger partial charge on any atom is -0.466 e. The zero-order valence-electron chi connectivity index (χ0n) is 52.0. The van der Waals surface area contributed by atoms with E-state index in [0.717, 1.165) is 96.6 Å². The Morgan fingerprint density at radius 2 is 0.853 bits per heavy atom. The molecule has 2 fully saturated rings. The minimum atomic E-state index is -0.834. The number of aliphatic hydroxyl groups excluding tert-OH is 1. The Bertz CT molecular complexity index is 1280. The van der Waals surface area contributed by atoms with Gasteiger partial charge in [-0.25, -0.2) is 0 Å². The smallest absolute Gasteiger partial charge is 0.305 e. The Labute approximate surface area is 464 Å². The Morgan fingerprint density at radius 1 is 0.480 bits per heavy atom. The molecule has 0 aromatic heterocycles. The van der Waals surface area contributed by atoms with Crippen LogP contribution in [0.15, 0.2) is 0 Å². The first-order valence-electron chi connectivity index (χ1n) is 31.7. The van der Waals surface area contributed by atoms with Gasteiger partial charge in [0.2, 0.25) is 0 Å². The van der Waals surface area contributed by atoms with Crippen molar-refractivity contribution in [1.29, 1.82) is 0 Å². The number of esters is 3. The summed E-state index contributed by atoms with van der Waals surface area (Å²) in [5, 5.41) is 10.3. The Kier molecular flexibility index (Phi) is 50.6. The SMILES string of the molecule is CCC.CCC.CCC.CCCCCCCOC(O)CCCOC(=O)CCC12CC(CC(C)(CCC(=O)OCCCC(OCCCCCCC)OCCCCCCC)C1)CC(C)(CCC(=O)OCCCN(C)CC)C2. The first-order chi connectivity index (χ1) is 36.0. The lowest BCUT2D eigenvalue weighted by atomic mass is 9.47. The minimum absolute atomic E-state index is 0.0456. The van der Waals surface area contributed by atoms with E-state index in [0.29, 0.717) is 83.9 Å². The molecule has 11 heteroatoms. The summed E-state index contributed by atoms with van der Waals surface area (Å²) in [5.74, 6) is -0.0362. The molecule has 11 nitrogen and oxygen atoms in total. The van der Waals surface area contributed by atoms with E-state index in [1.807, 2.05) is 0 Å². The summed E-state index contributed by atoms with van der Waals surface area (Å²) in [7, 11) is 2.08. The Hall–Kier alpha value is -1.79. The fourth-order valence-electron chi connectivity index (χ4n) is 11.1. The maximum absolute atomic E-state index is 13.3. The van der Waals surface area contributed by atoms with Crippen LogP contribution < -0.4 is 0 Å². The second kappa shape index (κ2) is 50.4. The quantitative estimate of drug-likeness (QED) is 0.0271. The third kappa shape index (κ3) is 43.7. The molecule has 2 rings (SSSR count). The van der Waals surface area contributed by atoms with E-state index in [9.17, 15) is 19.5 Å². The van der Waals surface area contributed by atoms with E-state index in [4.69, 9.17) is 28.4 Å². The molecule has 0 heterocycles. The van der Waals surface area contributed by atoms with E-state index in [2.05, 4.69) is 95.0 Å². The molecule has 2 aliphatic rings. The number of carbonyl (C=O) groups excluding carboxylic acids is 3. The van der Waals surface area contributed by atoms with Crippen LogP contribution in [0.25, 0.3) is 0 Å². The number of rotatable bonds is 43. The molecule has 2 bridgehead atoms. The highest BCUT2D eigenvalue weighted by Gasteiger charge is 2.53. The number of ether oxygens (including phenoxy) is 6. The summed E-state index contributed by atoms with van der Waals surface area (Å²) in [6.07, 6.45) is 31.8. The van der Waals surface area contributed by atoms with Crippen LogP contribution in [0.5, 0.6) is 0 Å². The van der Waals surface area contributed by atoms with Crippen LogP contribution in [0.4, 0.5) is 0 Å². The third-order valence-electron chi connectivity index (χ3n) is 14.5. The van der Waals surface area contributed by atoms with Crippen LogP contribution in [-0.2, 0) is 42.8 Å². The summed E-state index contributed by atoms with van der Waals surface area (Å²) < 4.78 is 35.1. The molecular weight excluding hydrogens is 943 g/mol. The van der Waals surface area contributed by atoms with Gasteiger partial charge in [0.15, 0.2) is 12.6 Å². The first kappa shape index (κ1) is 75.3. The predicted octanol–water partition coefficient (Wildman–Crippen LogP) is 17.3. The molecule has 75 heavy (non-hydrogen) atoms.